The molecule has 0 heterocycles. The largest absolute Gasteiger partial charge is 0.324 e. The fourth-order valence-electron chi connectivity index (χ4n) is 1.78. The summed E-state index contributed by atoms with van der Waals surface area (Å²) < 4.78 is 1.17. The Morgan fingerprint density at radius 1 is 1.27 bits per heavy atom. The van der Waals surface area contributed by atoms with Gasteiger partial charge < -0.3 is 5.73 Å². The third kappa shape index (κ3) is 3.32. The minimum atomic E-state index is 0.191. The normalized spacial score (nSPS) is 12.9. The lowest BCUT2D eigenvalue weighted by molar-refractivity contribution is 0.600. The molecule has 0 aliphatic heterocycles. The minimum absolute atomic E-state index is 0.191. The third-order valence-corrected chi connectivity index (χ3v) is 3.67. The minimum Gasteiger partial charge on any atom is -0.324 e. The molecule has 0 aliphatic rings. The number of benzene rings is 1. The summed E-state index contributed by atoms with van der Waals surface area (Å²) in [6.07, 6.45) is 3.50. The highest BCUT2D eigenvalue weighted by Crippen LogP contribution is 2.26. The fraction of sp³-hybridized carbons (Fsp3) is 0.538. The molecule has 2 heteroatoms. The van der Waals surface area contributed by atoms with Crippen LogP contribution in [0.25, 0.3) is 0 Å². The molecule has 1 aromatic carbocycles. The predicted octanol–water partition coefficient (Wildman–Crippen LogP) is 4.26. The van der Waals surface area contributed by atoms with Crippen LogP contribution in [-0.4, -0.2) is 0 Å². The van der Waals surface area contributed by atoms with Crippen molar-refractivity contribution in [2.45, 2.75) is 46.1 Å². The molecule has 0 aliphatic carbocycles. The van der Waals surface area contributed by atoms with Gasteiger partial charge >= 0.3 is 0 Å². The smallest absolute Gasteiger partial charge is 0.0297 e. The van der Waals surface area contributed by atoms with E-state index in [1.807, 2.05) is 0 Å². The van der Waals surface area contributed by atoms with Crippen molar-refractivity contribution in [3.63, 3.8) is 0 Å². The number of hydrogen-bond donors (Lipinski definition) is 1. The summed E-state index contributed by atoms with van der Waals surface area (Å²) in [6, 6.07) is 4.56. The zero-order chi connectivity index (χ0) is 11.4. The maximum absolute atomic E-state index is 6.19. The van der Waals surface area contributed by atoms with Crippen LogP contribution in [0.4, 0.5) is 0 Å². The van der Waals surface area contributed by atoms with Crippen molar-refractivity contribution in [3.05, 3.63) is 33.3 Å². The summed E-state index contributed by atoms with van der Waals surface area (Å²) in [5.41, 5.74) is 10.0. The Morgan fingerprint density at radius 3 is 2.53 bits per heavy atom. The first-order valence-electron chi connectivity index (χ1n) is 5.58. The fourth-order valence-corrected chi connectivity index (χ4v) is 2.24. The van der Waals surface area contributed by atoms with Crippen molar-refractivity contribution < 1.29 is 0 Å². The second kappa shape index (κ2) is 5.66. The number of halogens is 1. The zero-order valence-corrected chi connectivity index (χ0v) is 11.4. The van der Waals surface area contributed by atoms with Gasteiger partial charge in [-0.15, -0.1) is 0 Å². The van der Waals surface area contributed by atoms with Crippen LogP contribution in [0.5, 0.6) is 0 Å². The molecule has 0 fully saturated rings. The van der Waals surface area contributed by atoms with Crippen molar-refractivity contribution in [2.24, 2.45) is 5.73 Å². The monoisotopic (exact) mass is 269 g/mol. The SMILES string of the molecule is CCCCC(N)c1cc(C)c(Br)cc1C. The Hall–Kier alpha value is -0.340. The van der Waals surface area contributed by atoms with Gasteiger partial charge in [0, 0.05) is 10.5 Å². The van der Waals surface area contributed by atoms with Gasteiger partial charge in [-0.3, -0.25) is 0 Å². The van der Waals surface area contributed by atoms with E-state index < -0.39 is 0 Å². The van der Waals surface area contributed by atoms with Crippen LogP contribution in [0.15, 0.2) is 16.6 Å². The molecule has 1 nitrogen and oxygen atoms in total. The van der Waals surface area contributed by atoms with E-state index in [1.165, 1.54) is 34.0 Å². The summed E-state index contributed by atoms with van der Waals surface area (Å²) in [7, 11) is 0. The molecule has 1 atom stereocenters. The first-order chi connectivity index (χ1) is 7.06. The summed E-state index contributed by atoms with van der Waals surface area (Å²) in [5.74, 6) is 0. The van der Waals surface area contributed by atoms with Crippen LogP contribution in [0, 0.1) is 13.8 Å². The maximum Gasteiger partial charge on any atom is 0.0297 e. The number of aryl methyl sites for hydroxylation is 2. The summed E-state index contributed by atoms with van der Waals surface area (Å²) >= 11 is 3.54. The molecule has 0 radical (unpaired) electrons. The van der Waals surface area contributed by atoms with Crippen LogP contribution in [-0.2, 0) is 0 Å². The molecule has 0 amide bonds. The van der Waals surface area contributed by atoms with E-state index in [-0.39, 0.29) is 6.04 Å². The molecule has 0 saturated carbocycles. The molecule has 1 rings (SSSR count). The molecule has 1 aromatic rings. The van der Waals surface area contributed by atoms with Crippen LogP contribution < -0.4 is 5.73 Å². The zero-order valence-electron chi connectivity index (χ0n) is 9.81. The van der Waals surface area contributed by atoms with Gasteiger partial charge in [-0.25, -0.2) is 0 Å². The average Bonchev–Trinajstić information content (AvgIpc) is 2.20. The molecular weight excluding hydrogens is 250 g/mol. The van der Waals surface area contributed by atoms with Crippen molar-refractivity contribution in [1.29, 1.82) is 0 Å². The topological polar surface area (TPSA) is 26.0 Å². The summed E-state index contributed by atoms with van der Waals surface area (Å²) in [6.45, 7) is 6.44. The number of rotatable bonds is 4. The summed E-state index contributed by atoms with van der Waals surface area (Å²) in [5, 5.41) is 0. The highest BCUT2D eigenvalue weighted by Gasteiger charge is 2.10. The Morgan fingerprint density at radius 2 is 1.93 bits per heavy atom. The second-order valence-corrected chi connectivity index (χ2v) is 5.06. The lowest BCUT2D eigenvalue weighted by atomic mass is 9.96. The van der Waals surface area contributed by atoms with E-state index in [4.69, 9.17) is 5.73 Å². The molecular formula is C13H20BrN. The molecule has 0 aromatic heterocycles. The van der Waals surface area contributed by atoms with Crippen molar-refractivity contribution in [1.82, 2.24) is 0 Å². The Kier molecular flexibility index (Phi) is 4.81. The Bertz CT molecular complexity index is 334. The van der Waals surface area contributed by atoms with Gasteiger partial charge in [0.15, 0.2) is 0 Å². The molecule has 84 valence electrons. The van der Waals surface area contributed by atoms with E-state index in [1.54, 1.807) is 0 Å². The molecule has 1 unspecified atom stereocenters. The van der Waals surface area contributed by atoms with Gasteiger partial charge in [-0.1, -0.05) is 41.8 Å². The van der Waals surface area contributed by atoms with Crippen LogP contribution in [0.2, 0.25) is 0 Å². The van der Waals surface area contributed by atoms with Gasteiger partial charge in [0.2, 0.25) is 0 Å². The first-order valence-corrected chi connectivity index (χ1v) is 6.37. The van der Waals surface area contributed by atoms with E-state index >= 15 is 0 Å². The quantitative estimate of drug-likeness (QED) is 0.869. The Balaban J connectivity index is 2.88. The molecule has 15 heavy (non-hydrogen) atoms. The predicted molar refractivity (Wildman–Crippen MR) is 70.1 cm³/mol. The lowest BCUT2D eigenvalue weighted by Gasteiger charge is -2.16. The van der Waals surface area contributed by atoms with Crippen molar-refractivity contribution in [3.8, 4) is 0 Å². The number of nitrogens with two attached hydrogens (primary N) is 1. The van der Waals surface area contributed by atoms with Crippen LogP contribution in [0.1, 0.15) is 48.9 Å². The van der Waals surface area contributed by atoms with E-state index in [9.17, 15) is 0 Å². The van der Waals surface area contributed by atoms with Crippen molar-refractivity contribution >= 4 is 15.9 Å². The molecule has 2 N–H and O–H groups in total. The highest BCUT2D eigenvalue weighted by molar-refractivity contribution is 9.10. The van der Waals surface area contributed by atoms with E-state index in [0.717, 1.165) is 6.42 Å². The number of hydrogen-bond acceptors (Lipinski definition) is 1. The van der Waals surface area contributed by atoms with E-state index in [2.05, 4.69) is 48.8 Å². The van der Waals surface area contributed by atoms with Gasteiger partial charge in [0.1, 0.15) is 0 Å². The highest BCUT2D eigenvalue weighted by atomic mass is 79.9. The molecule has 0 spiro atoms. The lowest BCUT2D eigenvalue weighted by Crippen LogP contribution is -2.12. The molecule has 0 saturated heterocycles. The van der Waals surface area contributed by atoms with Crippen LogP contribution in [0.3, 0.4) is 0 Å². The van der Waals surface area contributed by atoms with Gasteiger partial charge in [0.25, 0.3) is 0 Å². The maximum atomic E-state index is 6.19. The average molecular weight is 270 g/mol. The standard InChI is InChI=1S/C13H20BrN/c1-4-5-6-13(15)11-7-10(3)12(14)8-9(11)2/h7-8,13H,4-6,15H2,1-3H3. The third-order valence-electron chi connectivity index (χ3n) is 2.82. The second-order valence-electron chi connectivity index (χ2n) is 4.21. The Labute approximate surface area is 101 Å². The van der Waals surface area contributed by atoms with E-state index in [0.29, 0.717) is 0 Å². The number of unbranched alkanes of at least 4 members (excludes halogenated alkanes) is 1. The van der Waals surface area contributed by atoms with Gasteiger partial charge in [-0.2, -0.15) is 0 Å². The van der Waals surface area contributed by atoms with Crippen molar-refractivity contribution in [2.75, 3.05) is 0 Å². The van der Waals surface area contributed by atoms with Gasteiger partial charge in [0.05, 0.1) is 0 Å². The van der Waals surface area contributed by atoms with Gasteiger partial charge in [-0.05, 0) is 43.0 Å². The molecule has 0 bridgehead atoms. The summed E-state index contributed by atoms with van der Waals surface area (Å²) in [4.78, 5) is 0. The first kappa shape index (κ1) is 12.7. The van der Waals surface area contributed by atoms with Crippen LogP contribution >= 0.6 is 15.9 Å².